The molecule has 0 unspecified atom stereocenters. The van der Waals surface area contributed by atoms with Crippen LogP contribution in [0.15, 0.2) is 41.6 Å². The van der Waals surface area contributed by atoms with Gasteiger partial charge in [0.15, 0.2) is 11.5 Å². The molecule has 2 aromatic rings. The minimum Gasteiger partial charge on any atom is -0.262 e. The number of rotatable bonds is 10. The van der Waals surface area contributed by atoms with Crippen molar-refractivity contribution in [3.8, 4) is 5.69 Å². The Balaban J connectivity index is 1.41. The van der Waals surface area contributed by atoms with Crippen LogP contribution in [-0.2, 0) is 30.7 Å². The normalized spacial score (nSPS) is 22.2. The number of aromatic nitrogens is 2. The van der Waals surface area contributed by atoms with Crippen LogP contribution in [0.5, 0.6) is 0 Å². The Bertz CT molecular complexity index is 1630. The summed E-state index contributed by atoms with van der Waals surface area (Å²) in [6, 6.07) is 5.74. The zero-order valence-electron chi connectivity index (χ0n) is 22.8. The number of halogens is 7. The Morgan fingerprint density at radius 3 is 2.23 bits per heavy atom. The lowest BCUT2D eigenvalue weighted by molar-refractivity contribution is -0.109. The predicted octanol–water partition coefficient (Wildman–Crippen LogP) is 5.01. The van der Waals surface area contributed by atoms with E-state index in [1.807, 2.05) is 6.92 Å². The highest BCUT2D eigenvalue weighted by Crippen LogP contribution is 2.49. The number of fused-ring (bicyclic) bond motifs is 1. The molecule has 0 aliphatic heterocycles. The second kappa shape index (κ2) is 10.8. The van der Waals surface area contributed by atoms with Crippen molar-refractivity contribution in [3.05, 3.63) is 58.7 Å². The van der Waals surface area contributed by atoms with Crippen molar-refractivity contribution in [3.63, 3.8) is 0 Å². The van der Waals surface area contributed by atoms with E-state index in [2.05, 4.69) is 5.10 Å². The summed E-state index contributed by atoms with van der Waals surface area (Å²) < 4.78 is 149. The fourth-order valence-corrected chi connectivity index (χ4v) is 8.78. The van der Waals surface area contributed by atoms with Gasteiger partial charge in [-0.1, -0.05) is 18.1 Å². The first-order valence-electron chi connectivity index (χ1n) is 13.4. The van der Waals surface area contributed by atoms with E-state index in [1.165, 1.54) is 12.1 Å². The molecule has 3 aliphatic rings. The Hall–Kier alpha value is -2.50. The number of alkyl halides is 6. The van der Waals surface area contributed by atoms with Crippen LogP contribution in [0.1, 0.15) is 49.8 Å². The molecule has 1 heterocycles. The van der Waals surface area contributed by atoms with Crippen molar-refractivity contribution in [2.45, 2.75) is 62.9 Å². The summed E-state index contributed by atoms with van der Waals surface area (Å²) in [5, 5.41) is 4.44. The van der Waals surface area contributed by atoms with Crippen LogP contribution >= 0.6 is 0 Å². The second-order valence-corrected chi connectivity index (χ2v) is 14.9. The fourth-order valence-electron chi connectivity index (χ4n) is 6.12. The topological polar surface area (TPSA) is 98.6 Å². The summed E-state index contributed by atoms with van der Waals surface area (Å²) in [5.74, 6) is -5.75. The number of nitrogens with zero attached hydrogens (tertiary/aromatic N) is 3. The van der Waals surface area contributed by atoms with Crippen molar-refractivity contribution < 1.29 is 51.8 Å². The van der Waals surface area contributed by atoms with Crippen molar-refractivity contribution >= 4 is 20.1 Å². The highest BCUT2D eigenvalue weighted by Gasteiger charge is 2.54. The first-order valence-corrected chi connectivity index (χ1v) is 16.5. The first-order chi connectivity index (χ1) is 19.8. The van der Waals surface area contributed by atoms with Gasteiger partial charge in [-0.3, -0.25) is 4.18 Å². The molecule has 2 atom stereocenters. The predicted molar refractivity (Wildman–Crippen MR) is 140 cm³/mol. The quantitative estimate of drug-likeness (QED) is 0.202. The Morgan fingerprint density at radius 2 is 1.65 bits per heavy atom. The minimum absolute atomic E-state index is 0.136. The molecule has 0 radical (unpaired) electrons. The molecule has 0 N–H and O–H groups in total. The third-order valence-electron chi connectivity index (χ3n) is 8.01. The molecule has 0 spiro atoms. The molecule has 1 aromatic carbocycles. The van der Waals surface area contributed by atoms with Crippen LogP contribution < -0.4 is 0 Å². The summed E-state index contributed by atoms with van der Waals surface area (Å²) in [6.45, 7) is 0.614. The van der Waals surface area contributed by atoms with Gasteiger partial charge in [0, 0.05) is 31.0 Å². The van der Waals surface area contributed by atoms with E-state index < -0.39 is 74.4 Å². The molecule has 238 valence electrons. The summed E-state index contributed by atoms with van der Waals surface area (Å²) in [6.07, 6.45) is -7.51. The van der Waals surface area contributed by atoms with Gasteiger partial charge in [-0.25, -0.2) is 17.5 Å². The van der Waals surface area contributed by atoms with E-state index in [0.717, 1.165) is 22.4 Å². The van der Waals surface area contributed by atoms with Crippen molar-refractivity contribution in [2.24, 2.45) is 5.92 Å². The zero-order valence-corrected chi connectivity index (χ0v) is 24.4. The Morgan fingerprint density at radius 1 is 1.02 bits per heavy atom. The minimum atomic E-state index is -5.18. The van der Waals surface area contributed by atoms with Crippen LogP contribution in [0.4, 0.5) is 30.7 Å². The van der Waals surface area contributed by atoms with Crippen LogP contribution in [0.3, 0.4) is 0 Å². The molecule has 1 saturated carbocycles. The van der Waals surface area contributed by atoms with E-state index in [9.17, 15) is 47.6 Å². The summed E-state index contributed by atoms with van der Waals surface area (Å²) in [5.41, 5.74) is 2.23. The third-order valence-corrected chi connectivity index (χ3v) is 11.1. The smallest absolute Gasteiger partial charge is 0.262 e. The van der Waals surface area contributed by atoms with Crippen LogP contribution in [0, 0.1) is 11.7 Å². The van der Waals surface area contributed by atoms with E-state index in [4.69, 9.17) is 4.18 Å². The highest BCUT2D eigenvalue weighted by molar-refractivity contribution is 7.89. The Labute approximate surface area is 243 Å². The number of sulfonamides is 1. The fraction of sp³-hybridized carbons (Fsp3) is 0.577. The molecular weight excluding hydrogens is 631 g/mol. The molecule has 1 aromatic heterocycles. The number of allylic oxidation sites excluding steroid dienone is 1. The number of hydrogen-bond donors (Lipinski definition) is 0. The average molecular weight is 660 g/mol. The molecule has 43 heavy (non-hydrogen) atoms. The molecule has 8 nitrogen and oxygen atoms in total. The summed E-state index contributed by atoms with van der Waals surface area (Å²) in [7, 11) is -10.2. The van der Waals surface area contributed by atoms with Crippen molar-refractivity contribution in [2.75, 3.05) is 24.6 Å². The monoisotopic (exact) mass is 659 g/mol. The van der Waals surface area contributed by atoms with E-state index >= 15 is 0 Å². The molecule has 0 amide bonds. The number of benzene rings is 1. The summed E-state index contributed by atoms with van der Waals surface area (Å²) in [4.78, 5) is 0. The van der Waals surface area contributed by atoms with Gasteiger partial charge in [-0.05, 0) is 55.9 Å². The lowest BCUT2D eigenvalue weighted by Gasteiger charge is -2.32. The first kappa shape index (κ1) is 31.9. The van der Waals surface area contributed by atoms with Gasteiger partial charge in [0.05, 0.1) is 17.6 Å². The summed E-state index contributed by atoms with van der Waals surface area (Å²) >= 11 is 0. The lowest BCUT2D eigenvalue weighted by atomic mass is 9.80. The van der Waals surface area contributed by atoms with E-state index in [1.54, 1.807) is 23.0 Å². The average Bonchev–Trinajstić information content (AvgIpc) is 3.25. The largest absolute Gasteiger partial charge is 0.405 e. The lowest BCUT2D eigenvalue weighted by Crippen LogP contribution is -2.46. The van der Waals surface area contributed by atoms with Gasteiger partial charge in [0.25, 0.3) is 10.1 Å². The zero-order chi connectivity index (χ0) is 31.6. The number of hydrogen-bond acceptors (Lipinski definition) is 6. The maximum Gasteiger partial charge on any atom is 0.405 e. The van der Waals surface area contributed by atoms with Gasteiger partial charge >= 0.3 is 12.4 Å². The van der Waals surface area contributed by atoms with Crippen LogP contribution in [-0.4, -0.2) is 73.5 Å². The van der Waals surface area contributed by atoms with Crippen molar-refractivity contribution in [1.29, 1.82) is 0 Å². The maximum atomic E-state index is 13.5. The molecule has 17 heteroatoms. The molecule has 1 fully saturated rings. The van der Waals surface area contributed by atoms with Crippen LogP contribution in [0.25, 0.3) is 5.69 Å². The molecular formula is C26H28F7N3O5S2. The molecule has 3 aliphatic carbocycles. The van der Waals surface area contributed by atoms with E-state index in [-0.39, 0.29) is 18.8 Å². The Kier molecular flexibility index (Phi) is 8.04. The molecule has 5 rings (SSSR count). The van der Waals surface area contributed by atoms with Crippen molar-refractivity contribution in [1.82, 2.24) is 14.1 Å². The standard InChI is InChI=1S/C26H28F7N3O5S2/c1-16-21-11-34-36(20-6-4-19(27)5-7-20)22(21)10-17-2-3-18(23(16)17)12-35(42(37,38)14-25(28,29)30)13-24(8-9-24)41-43(39,40)15-26(31,32)33/h4-7,11,16,18H,2-3,8-10,12-15H2,1H3/t16-,18-/m0/s1. The van der Waals surface area contributed by atoms with Gasteiger partial charge in [-0.2, -0.15) is 44.2 Å². The van der Waals surface area contributed by atoms with Gasteiger partial charge < -0.3 is 0 Å². The molecule has 0 saturated heterocycles. The van der Waals surface area contributed by atoms with E-state index in [0.29, 0.717) is 29.3 Å². The van der Waals surface area contributed by atoms with Crippen LogP contribution in [0.2, 0.25) is 0 Å². The maximum absolute atomic E-state index is 13.5. The third kappa shape index (κ3) is 7.26. The van der Waals surface area contributed by atoms with Gasteiger partial charge in [-0.15, -0.1) is 0 Å². The van der Waals surface area contributed by atoms with Gasteiger partial charge in [0.1, 0.15) is 11.4 Å². The SMILES string of the molecule is C[C@@H]1C2=C(CC[C@H]2CN(CC2(OS(=O)(=O)CC(F)(F)F)CC2)S(=O)(=O)CC(F)(F)F)Cc2c1cnn2-c1ccc(F)cc1. The molecule has 0 bridgehead atoms. The second-order valence-electron chi connectivity index (χ2n) is 11.4. The van der Waals surface area contributed by atoms with Gasteiger partial charge in [0.2, 0.25) is 10.0 Å². The highest BCUT2D eigenvalue weighted by atomic mass is 32.2.